The lowest BCUT2D eigenvalue weighted by Gasteiger charge is -2.40. The number of hydrogen-bond donors (Lipinski definition) is 2. The van der Waals surface area contributed by atoms with Gasteiger partial charge >= 0.3 is 5.97 Å². The second kappa shape index (κ2) is 9.50. The van der Waals surface area contributed by atoms with E-state index in [4.69, 9.17) is 0 Å². The SMILES string of the molecule is O=C(O)c1cn2c(c(O)c1=O)C(=O)N(Cc1ccccn1)CC2C(c1ccccc1)c1ccccc1. The van der Waals surface area contributed by atoms with Crippen molar-refractivity contribution in [1.29, 1.82) is 0 Å². The van der Waals surface area contributed by atoms with Crippen molar-refractivity contribution in [1.82, 2.24) is 14.5 Å². The van der Waals surface area contributed by atoms with Crippen molar-refractivity contribution in [3.63, 3.8) is 0 Å². The smallest absolute Gasteiger partial charge is 0.341 e. The number of hydrogen-bond acceptors (Lipinski definition) is 5. The summed E-state index contributed by atoms with van der Waals surface area (Å²) >= 11 is 0. The number of benzene rings is 2. The molecule has 0 saturated heterocycles. The molecule has 5 rings (SSSR count). The number of aromatic hydroxyl groups is 1. The van der Waals surface area contributed by atoms with Crippen LogP contribution < -0.4 is 5.43 Å². The standard InChI is InChI=1S/C28H23N3O5/c32-25-21(28(35)36)16-31-22(23(18-9-3-1-4-10-18)19-11-5-2-6-12-19)17-30(27(34)24(31)26(25)33)15-20-13-7-8-14-29-20/h1-14,16,22-23,33H,15,17H2,(H,35,36). The number of aromatic carboxylic acids is 1. The summed E-state index contributed by atoms with van der Waals surface area (Å²) in [6.07, 6.45) is 2.81. The largest absolute Gasteiger partial charge is 0.503 e. The van der Waals surface area contributed by atoms with Gasteiger partial charge in [0.25, 0.3) is 5.91 Å². The number of amides is 1. The summed E-state index contributed by atoms with van der Waals surface area (Å²) < 4.78 is 1.46. The molecule has 0 fully saturated rings. The van der Waals surface area contributed by atoms with E-state index >= 15 is 0 Å². The van der Waals surface area contributed by atoms with Crippen molar-refractivity contribution in [3.8, 4) is 5.75 Å². The average Bonchev–Trinajstić information content (AvgIpc) is 2.90. The van der Waals surface area contributed by atoms with Gasteiger partial charge in [0.05, 0.1) is 18.3 Å². The Morgan fingerprint density at radius 3 is 2.11 bits per heavy atom. The molecule has 1 unspecified atom stereocenters. The first-order valence-electron chi connectivity index (χ1n) is 11.5. The number of carboxylic acids is 1. The molecule has 8 heteroatoms. The number of rotatable bonds is 6. The van der Waals surface area contributed by atoms with E-state index in [2.05, 4.69) is 4.98 Å². The quantitative estimate of drug-likeness (QED) is 0.435. The fourth-order valence-electron chi connectivity index (χ4n) is 4.84. The molecule has 36 heavy (non-hydrogen) atoms. The lowest BCUT2D eigenvalue weighted by Crippen LogP contribution is -2.46. The van der Waals surface area contributed by atoms with Gasteiger partial charge in [-0.25, -0.2) is 4.79 Å². The van der Waals surface area contributed by atoms with Gasteiger partial charge in [0.1, 0.15) is 5.56 Å². The van der Waals surface area contributed by atoms with Gasteiger partial charge < -0.3 is 19.7 Å². The average molecular weight is 482 g/mol. The zero-order chi connectivity index (χ0) is 25.2. The van der Waals surface area contributed by atoms with Crippen LogP contribution in [0, 0.1) is 0 Å². The van der Waals surface area contributed by atoms with Gasteiger partial charge in [0.2, 0.25) is 5.43 Å². The first-order chi connectivity index (χ1) is 17.5. The van der Waals surface area contributed by atoms with Crippen LogP contribution in [0.5, 0.6) is 5.75 Å². The van der Waals surface area contributed by atoms with E-state index < -0.39 is 34.7 Å². The molecule has 2 aromatic heterocycles. The second-order valence-electron chi connectivity index (χ2n) is 8.65. The summed E-state index contributed by atoms with van der Waals surface area (Å²) in [4.78, 5) is 43.9. The lowest BCUT2D eigenvalue weighted by molar-refractivity contribution is 0.0621. The summed E-state index contributed by atoms with van der Waals surface area (Å²) in [5, 5.41) is 20.4. The first kappa shape index (κ1) is 23.0. The van der Waals surface area contributed by atoms with Crippen LogP contribution in [0.15, 0.2) is 96.1 Å². The maximum absolute atomic E-state index is 13.5. The molecule has 0 radical (unpaired) electrons. The second-order valence-corrected chi connectivity index (χ2v) is 8.65. The Kier molecular flexibility index (Phi) is 6.08. The zero-order valence-corrected chi connectivity index (χ0v) is 19.2. The third-order valence-corrected chi connectivity index (χ3v) is 6.48. The number of nitrogens with zero attached hydrogens (tertiary/aromatic N) is 3. The van der Waals surface area contributed by atoms with Crippen LogP contribution in [-0.4, -0.2) is 43.1 Å². The van der Waals surface area contributed by atoms with Crippen molar-refractivity contribution in [2.45, 2.75) is 18.5 Å². The molecule has 0 saturated carbocycles. The Bertz CT molecular complexity index is 1430. The number of fused-ring (bicyclic) bond motifs is 1. The van der Waals surface area contributed by atoms with E-state index in [-0.39, 0.29) is 24.7 Å². The Labute approximate surface area is 206 Å². The Morgan fingerprint density at radius 2 is 1.56 bits per heavy atom. The predicted molar refractivity (Wildman–Crippen MR) is 132 cm³/mol. The fraction of sp³-hybridized carbons (Fsp3) is 0.143. The monoisotopic (exact) mass is 481 g/mol. The topological polar surface area (TPSA) is 113 Å². The van der Waals surface area contributed by atoms with Crippen molar-refractivity contribution in [2.75, 3.05) is 6.54 Å². The van der Waals surface area contributed by atoms with Gasteiger partial charge in [-0.3, -0.25) is 14.6 Å². The molecule has 1 aliphatic rings. The number of carboxylic acid groups (broad SMARTS) is 1. The summed E-state index contributed by atoms with van der Waals surface area (Å²) in [7, 11) is 0. The van der Waals surface area contributed by atoms with Gasteiger partial charge in [-0.15, -0.1) is 0 Å². The fourth-order valence-corrected chi connectivity index (χ4v) is 4.84. The molecule has 8 nitrogen and oxygen atoms in total. The van der Waals surface area contributed by atoms with E-state index in [0.29, 0.717) is 5.69 Å². The van der Waals surface area contributed by atoms with Crippen molar-refractivity contribution in [2.24, 2.45) is 0 Å². The number of pyridine rings is 2. The van der Waals surface area contributed by atoms with Crippen LogP contribution in [0.3, 0.4) is 0 Å². The highest BCUT2D eigenvalue weighted by Gasteiger charge is 2.40. The maximum Gasteiger partial charge on any atom is 0.341 e. The lowest BCUT2D eigenvalue weighted by atomic mass is 9.83. The van der Waals surface area contributed by atoms with E-state index in [1.54, 1.807) is 23.2 Å². The minimum Gasteiger partial charge on any atom is -0.503 e. The van der Waals surface area contributed by atoms with E-state index in [9.17, 15) is 24.6 Å². The molecule has 3 heterocycles. The van der Waals surface area contributed by atoms with Crippen LogP contribution in [0.25, 0.3) is 0 Å². The van der Waals surface area contributed by atoms with Crippen LogP contribution >= 0.6 is 0 Å². The third-order valence-electron chi connectivity index (χ3n) is 6.48. The number of carbonyl (C=O) groups is 2. The highest BCUT2D eigenvalue weighted by atomic mass is 16.4. The van der Waals surface area contributed by atoms with Crippen LogP contribution in [0.1, 0.15) is 49.6 Å². The van der Waals surface area contributed by atoms with Crippen molar-refractivity contribution < 1.29 is 19.8 Å². The molecule has 1 aliphatic heterocycles. The summed E-state index contributed by atoms with van der Waals surface area (Å²) in [6, 6.07) is 24.2. The molecular weight excluding hydrogens is 458 g/mol. The minimum absolute atomic E-state index is 0.167. The summed E-state index contributed by atoms with van der Waals surface area (Å²) in [6.45, 7) is 0.374. The van der Waals surface area contributed by atoms with Gasteiger partial charge in [0, 0.05) is 24.9 Å². The molecule has 0 aliphatic carbocycles. The molecule has 2 aromatic carbocycles. The number of carbonyl (C=O) groups excluding carboxylic acids is 1. The molecule has 4 aromatic rings. The highest BCUT2D eigenvalue weighted by molar-refractivity contribution is 5.97. The van der Waals surface area contributed by atoms with E-state index in [0.717, 1.165) is 11.1 Å². The Balaban J connectivity index is 1.73. The summed E-state index contributed by atoms with van der Waals surface area (Å²) in [5.74, 6) is -3.21. The van der Waals surface area contributed by atoms with Gasteiger partial charge in [-0.2, -0.15) is 0 Å². The van der Waals surface area contributed by atoms with Gasteiger partial charge in [-0.1, -0.05) is 66.7 Å². The first-order valence-corrected chi connectivity index (χ1v) is 11.5. The molecule has 1 amide bonds. The Hall–Kier alpha value is -4.72. The normalized spacial score (nSPS) is 15.1. The van der Waals surface area contributed by atoms with Crippen LogP contribution in [-0.2, 0) is 6.54 Å². The molecule has 2 N–H and O–H groups in total. The molecule has 0 bridgehead atoms. The van der Waals surface area contributed by atoms with Crippen LogP contribution in [0.4, 0.5) is 0 Å². The molecular formula is C28H23N3O5. The van der Waals surface area contributed by atoms with Gasteiger partial charge in [-0.05, 0) is 23.3 Å². The molecule has 180 valence electrons. The van der Waals surface area contributed by atoms with Crippen molar-refractivity contribution in [3.05, 3.63) is 130 Å². The summed E-state index contributed by atoms with van der Waals surface area (Å²) in [5.41, 5.74) is 0.638. The number of aromatic nitrogens is 2. The third kappa shape index (κ3) is 4.13. The predicted octanol–water partition coefficient (Wildman–Crippen LogP) is 3.68. The molecule has 0 spiro atoms. The van der Waals surface area contributed by atoms with Crippen LogP contribution in [0.2, 0.25) is 0 Å². The van der Waals surface area contributed by atoms with Gasteiger partial charge in [0.15, 0.2) is 11.4 Å². The zero-order valence-electron chi connectivity index (χ0n) is 19.2. The maximum atomic E-state index is 13.5. The van der Waals surface area contributed by atoms with Crippen molar-refractivity contribution >= 4 is 11.9 Å². The molecule has 1 atom stereocenters. The van der Waals surface area contributed by atoms with E-state index in [1.807, 2.05) is 66.7 Å². The van der Waals surface area contributed by atoms with E-state index in [1.165, 1.54) is 10.8 Å². The Morgan fingerprint density at radius 1 is 0.944 bits per heavy atom. The minimum atomic E-state index is -1.47. The highest BCUT2D eigenvalue weighted by Crippen LogP contribution is 2.40.